The fourth-order valence-corrected chi connectivity index (χ4v) is 4.66. The van der Waals surface area contributed by atoms with Gasteiger partial charge in [0, 0.05) is 17.4 Å². The van der Waals surface area contributed by atoms with Gasteiger partial charge in [-0.05, 0) is 61.2 Å². The highest BCUT2D eigenvalue weighted by Gasteiger charge is 2.16. The minimum Gasteiger partial charge on any atom is -0.490 e. The van der Waals surface area contributed by atoms with Crippen LogP contribution in [0.3, 0.4) is 0 Å². The first-order valence-corrected chi connectivity index (χ1v) is 10.9. The summed E-state index contributed by atoms with van der Waals surface area (Å²) in [5, 5.41) is 16.4. The number of carbonyl (C=O) groups excluding carboxylic acids is 1. The molecule has 0 spiro atoms. The highest BCUT2D eigenvalue weighted by molar-refractivity contribution is 7.19. The van der Waals surface area contributed by atoms with Crippen molar-refractivity contribution in [2.45, 2.75) is 44.6 Å². The van der Waals surface area contributed by atoms with Crippen molar-refractivity contribution in [3.8, 4) is 16.3 Å². The lowest BCUT2D eigenvalue weighted by molar-refractivity contribution is -0.116. The van der Waals surface area contributed by atoms with Gasteiger partial charge in [-0.15, -0.1) is 10.2 Å². The molecule has 0 radical (unpaired) electrons. The zero-order valence-electron chi connectivity index (χ0n) is 14.9. The number of thiophene rings is 1. The van der Waals surface area contributed by atoms with Crippen LogP contribution in [0.2, 0.25) is 0 Å². The fraction of sp³-hybridized carbons (Fsp3) is 0.350. The van der Waals surface area contributed by atoms with E-state index in [1.807, 2.05) is 41.1 Å². The number of aryl methyl sites for hydroxylation is 1. The van der Waals surface area contributed by atoms with Crippen molar-refractivity contribution in [2.75, 3.05) is 5.32 Å². The van der Waals surface area contributed by atoms with E-state index in [1.165, 1.54) is 24.2 Å². The summed E-state index contributed by atoms with van der Waals surface area (Å²) < 4.78 is 6.04. The van der Waals surface area contributed by atoms with Gasteiger partial charge in [0.15, 0.2) is 0 Å². The molecule has 1 N–H and O–H groups in total. The van der Waals surface area contributed by atoms with Gasteiger partial charge in [0.05, 0.1) is 6.10 Å². The van der Waals surface area contributed by atoms with Gasteiger partial charge in [-0.1, -0.05) is 23.5 Å². The minimum atomic E-state index is -0.0508. The molecule has 1 aliphatic rings. The third-order valence-electron chi connectivity index (χ3n) is 4.58. The van der Waals surface area contributed by atoms with E-state index in [9.17, 15) is 4.79 Å². The highest BCUT2D eigenvalue weighted by Crippen LogP contribution is 2.28. The summed E-state index contributed by atoms with van der Waals surface area (Å²) in [6.07, 6.45) is 6.21. The number of nitrogens with one attached hydrogen (secondary N) is 1. The Bertz CT molecular complexity index is 886. The topological polar surface area (TPSA) is 64.1 Å². The molecule has 0 unspecified atom stereocenters. The van der Waals surface area contributed by atoms with E-state index < -0.39 is 0 Å². The van der Waals surface area contributed by atoms with E-state index >= 15 is 0 Å². The second kappa shape index (κ2) is 8.63. The van der Waals surface area contributed by atoms with Crippen LogP contribution in [0.5, 0.6) is 5.75 Å². The van der Waals surface area contributed by atoms with Crippen LogP contribution in [-0.2, 0) is 11.2 Å². The molecule has 2 aromatic heterocycles. The van der Waals surface area contributed by atoms with Crippen molar-refractivity contribution >= 4 is 33.7 Å². The molecule has 5 nitrogen and oxygen atoms in total. The van der Waals surface area contributed by atoms with Crippen LogP contribution in [0.25, 0.3) is 10.6 Å². The Labute approximate surface area is 166 Å². The number of hydrogen-bond acceptors (Lipinski definition) is 6. The van der Waals surface area contributed by atoms with E-state index in [4.69, 9.17) is 4.74 Å². The maximum absolute atomic E-state index is 12.2. The lowest BCUT2D eigenvalue weighted by Crippen LogP contribution is -2.12. The van der Waals surface area contributed by atoms with Crippen LogP contribution in [0.15, 0.2) is 41.1 Å². The Morgan fingerprint density at radius 2 is 2.11 bits per heavy atom. The number of benzene rings is 1. The largest absolute Gasteiger partial charge is 0.490 e. The Balaban J connectivity index is 1.29. The molecule has 1 aliphatic carbocycles. The van der Waals surface area contributed by atoms with Gasteiger partial charge in [-0.3, -0.25) is 4.79 Å². The molecule has 1 aromatic carbocycles. The number of carbonyl (C=O) groups is 1. The molecule has 7 heteroatoms. The number of anilines is 1. The number of aromatic nitrogens is 2. The number of ether oxygens (including phenoxy) is 1. The molecule has 1 saturated carbocycles. The molecule has 0 atom stereocenters. The van der Waals surface area contributed by atoms with Crippen molar-refractivity contribution < 1.29 is 9.53 Å². The summed E-state index contributed by atoms with van der Waals surface area (Å²) >= 11 is 3.01. The van der Waals surface area contributed by atoms with E-state index in [2.05, 4.69) is 15.5 Å². The molecule has 140 valence electrons. The average Bonchev–Trinajstić information content (AvgIpc) is 3.42. The molecule has 0 saturated heterocycles. The molecule has 1 amide bonds. The number of hydrogen-bond donors (Lipinski definition) is 1. The van der Waals surface area contributed by atoms with Crippen molar-refractivity contribution in [1.29, 1.82) is 0 Å². The van der Waals surface area contributed by atoms with Crippen molar-refractivity contribution in [3.05, 3.63) is 46.7 Å². The monoisotopic (exact) mass is 399 g/mol. The zero-order chi connectivity index (χ0) is 18.5. The average molecular weight is 400 g/mol. The number of rotatable bonds is 7. The standard InChI is InChI=1S/C20H21N3O2S2/c24-18(21-20-23-22-19(27-20)15-10-11-26-13-15)9-8-14-4-3-7-17(12-14)25-16-5-1-2-6-16/h3-4,7,10-13,16H,1-2,5-6,8-9H2,(H,21,23,24). The summed E-state index contributed by atoms with van der Waals surface area (Å²) in [4.78, 5) is 12.2. The van der Waals surface area contributed by atoms with Gasteiger partial charge in [-0.25, -0.2) is 0 Å². The molecule has 27 heavy (non-hydrogen) atoms. The van der Waals surface area contributed by atoms with Gasteiger partial charge in [0.2, 0.25) is 11.0 Å². The Hall–Kier alpha value is -2.25. The van der Waals surface area contributed by atoms with E-state index in [-0.39, 0.29) is 5.91 Å². The smallest absolute Gasteiger partial charge is 0.226 e. The lowest BCUT2D eigenvalue weighted by atomic mass is 10.1. The third-order valence-corrected chi connectivity index (χ3v) is 6.15. The van der Waals surface area contributed by atoms with Crippen LogP contribution in [0.1, 0.15) is 37.7 Å². The summed E-state index contributed by atoms with van der Waals surface area (Å²) in [6, 6.07) is 10.1. The Kier molecular flexibility index (Phi) is 5.79. The molecule has 2 heterocycles. The molecule has 0 aliphatic heterocycles. The van der Waals surface area contributed by atoms with E-state index in [0.29, 0.717) is 24.1 Å². The molecular weight excluding hydrogens is 378 g/mol. The highest BCUT2D eigenvalue weighted by atomic mass is 32.1. The predicted molar refractivity (Wildman–Crippen MR) is 109 cm³/mol. The quantitative estimate of drug-likeness (QED) is 0.596. The normalized spacial score (nSPS) is 14.4. The van der Waals surface area contributed by atoms with Gasteiger partial charge >= 0.3 is 0 Å². The Morgan fingerprint density at radius 3 is 2.93 bits per heavy atom. The first-order valence-electron chi connectivity index (χ1n) is 9.18. The van der Waals surface area contributed by atoms with E-state index in [0.717, 1.165) is 34.7 Å². The van der Waals surface area contributed by atoms with Crippen LogP contribution in [0, 0.1) is 0 Å². The number of amides is 1. The summed E-state index contributed by atoms with van der Waals surface area (Å²) in [5.41, 5.74) is 2.15. The Morgan fingerprint density at radius 1 is 1.22 bits per heavy atom. The second-order valence-electron chi connectivity index (χ2n) is 6.64. The third kappa shape index (κ3) is 4.93. The summed E-state index contributed by atoms with van der Waals surface area (Å²) in [7, 11) is 0. The molecule has 4 rings (SSSR count). The molecule has 3 aromatic rings. The maximum atomic E-state index is 12.2. The van der Waals surface area contributed by atoms with Crippen LogP contribution in [-0.4, -0.2) is 22.2 Å². The second-order valence-corrected chi connectivity index (χ2v) is 8.40. The van der Waals surface area contributed by atoms with Crippen LogP contribution >= 0.6 is 22.7 Å². The van der Waals surface area contributed by atoms with Crippen molar-refractivity contribution in [1.82, 2.24) is 10.2 Å². The van der Waals surface area contributed by atoms with Gasteiger partial charge in [-0.2, -0.15) is 11.3 Å². The SMILES string of the molecule is O=C(CCc1cccc(OC2CCCC2)c1)Nc1nnc(-c2ccsc2)s1. The van der Waals surface area contributed by atoms with E-state index in [1.54, 1.807) is 11.3 Å². The first kappa shape index (κ1) is 18.1. The first-order chi connectivity index (χ1) is 13.3. The summed E-state index contributed by atoms with van der Waals surface area (Å²) in [5.74, 6) is 0.856. The van der Waals surface area contributed by atoms with Crippen molar-refractivity contribution in [3.63, 3.8) is 0 Å². The predicted octanol–water partition coefficient (Wildman–Crippen LogP) is 5.16. The number of nitrogens with zero attached hydrogens (tertiary/aromatic N) is 2. The molecular formula is C20H21N3O2S2. The van der Waals surface area contributed by atoms with Crippen LogP contribution < -0.4 is 10.1 Å². The van der Waals surface area contributed by atoms with Gasteiger partial charge in [0.1, 0.15) is 10.8 Å². The van der Waals surface area contributed by atoms with Gasteiger partial charge in [0.25, 0.3) is 0 Å². The lowest BCUT2D eigenvalue weighted by Gasteiger charge is -2.13. The molecule has 1 fully saturated rings. The van der Waals surface area contributed by atoms with Crippen molar-refractivity contribution in [2.24, 2.45) is 0 Å². The maximum Gasteiger partial charge on any atom is 0.226 e. The summed E-state index contributed by atoms with van der Waals surface area (Å²) in [6.45, 7) is 0. The molecule has 0 bridgehead atoms. The zero-order valence-corrected chi connectivity index (χ0v) is 16.5. The van der Waals surface area contributed by atoms with Gasteiger partial charge < -0.3 is 10.1 Å². The minimum absolute atomic E-state index is 0.0508. The fourth-order valence-electron chi connectivity index (χ4n) is 3.19. The van der Waals surface area contributed by atoms with Crippen LogP contribution in [0.4, 0.5) is 5.13 Å².